The summed E-state index contributed by atoms with van der Waals surface area (Å²) < 4.78 is 13.4. The Hall–Kier alpha value is -2.39. The van der Waals surface area contributed by atoms with Crippen LogP contribution >= 0.6 is 38.5 Å². The lowest BCUT2D eigenvalue weighted by Crippen LogP contribution is -2.20. The van der Waals surface area contributed by atoms with Gasteiger partial charge in [0, 0.05) is 4.47 Å². The molecule has 0 spiro atoms. The zero-order valence-corrected chi connectivity index (χ0v) is 21.9. The maximum Gasteiger partial charge on any atom is 0.244 e. The molecule has 0 aromatic heterocycles. The van der Waals surface area contributed by atoms with Gasteiger partial charge in [0.05, 0.1) is 23.3 Å². The summed E-state index contributed by atoms with van der Waals surface area (Å²) in [6, 6.07) is 17.8. The van der Waals surface area contributed by atoms with E-state index >= 15 is 0 Å². The smallest absolute Gasteiger partial charge is 0.244 e. The van der Waals surface area contributed by atoms with Crippen molar-refractivity contribution < 1.29 is 14.3 Å². The second-order valence-electron chi connectivity index (χ2n) is 7.35. The fraction of sp³-hybridized carbons (Fsp3) is 0.200. The number of nitrogens with zero attached hydrogens (tertiary/aromatic N) is 1. The molecule has 0 fully saturated rings. The first kappa shape index (κ1) is 24.3. The lowest BCUT2D eigenvalue weighted by Gasteiger charge is -2.13. The molecule has 32 heavy (non-hydrogen) atoms. The van der Waals surface area contributed by atoms with E-state index in [1.807, 2.05) is 62.4 Å². The topological polar surface area (TPSA) is 59.9 Å². The summed E-state index contributed by atoms with van der Waals surface area (Å²) in [4.78, 5) is 12.3. The molecule has 0 atom stereocenters. The Balaban J connectivity index is 1.63. The number of benzene rings is 3. The highest BCUT2D eigenvalue weighted by molar-refractivity contribution is 14.1. The molecule has 0 heterocycles. The molecular weight excluding hydrogens is 583 g/mol. The molecule has 0 bridgehead atoms. The van der Waals surface area contributed by atoms with E-state index in [-0.39, 0.29) is 12.3 Å². The minimum atomic E-state index is -0.163. The lowest BCUT2D eigenvalue weighted by molar-refractivity contribution is -0.120. The molecule has 0 unspecified atom stereocenters. The predicted molar refractivity (Wildman–Crippen MR) is 140 cm³/mol. The molecule has 3 aromatic rings. The monoisotopic (exact) mass is 606 g/mol. The molecule has 7 heteroatoms. The minimum Gasteiger partial charge on any atom is -0.493 e. The number of methoxy groups -OCH3 is 1. The van der Waals surface area contributed by atoms with Gasteiger partial charge < -0.3 is 9.47 Å². The molecule has 1 amide bonds. The van der Waals surface area contributed by atoms with Crippen molar-refractivity contribution in [2.45, 2.75) is 26.9 Å². The summed E-state index contributed by atoms with van der Waals surface area (Å²) in [6.45, 7) is 4.48. The van der Waals surface area contributed by atoms with Gasteiger partial charge in [-0.15, -0.1) is 0 Å². The van der Waals surface area contributed by atoms with Crippen molar-refractivity contribution in [3.05, 3.63) is 90.5 Å². The molecule has 1 N–H and O–H groups in total. The van der Waals surface area contributed by atoms with Crippen LogP contribution in [0.5, 0.6) is 11.5 Å². The van der Waals surface area contributed by atoms with E-state index in [1.54, 1.807) is 13.3 Å². The van der Waals surface area contributed by atoms with Gasteiger partial charge in [-0.05, 0) is 83.0 Å². The fourth-order valence-electron chi connectivity index (χ4n) is 3.13. The van der Waals surface area contributed by atoms with Crippen LogP contribution in [0.4, 0.5) is 0 Å². The van der Waals surface area contributed by atoms with Gasteiger partial charge in [0.25, 0.3) is 0 Å². The van der Waals surface area contributed by atoms with Crippen molar-refractivity contribution in [1.82, 2.24) is 5.43 Å². The van der Waals surface area contributed by atoms with Crippen molar-refractivity contribution in [3.63, 3.8) is 0 Å². The average molecular weight is 607 g/mol. The first-order valence-electron chi connectivity index (χ1n) is 9.98. The second kappa shape index (κ2) is 11.5. The van der Waals surface area contributed by atoms with Crippen molar-refractivity contribution in [2.24, 2.45) is 5.10 Å². The van der Waals surface area contributed by atoms with Gasteiger partial charge in [-0.25, -0.2) is 5.43 Å². The Labute approximate surface area is 210 Å². The van der Waals surface area contributed by atoms with Crippen LogP contribution in [-0.2, 0) is 17.8 Å². The first-order valence-corrected chi connectivity index (χ1v) is 11.9. The molecule has 0 saturated heterocycles. The largest absolute Gasteiger partial charge is 0.493 e. The van der Waals surface area contributed by atoms with Crippen LogP contribution in [0, 0.1) is 17.4 Å². The van der Waals surface area contributed by atoms with Gasteiger partial charge in [-0.3, -0.25) is 4.79 Å². The van der Waals surface area contributed by atoms with E-state index in [0.717, 1.165) is 30.3 Å². The number of hydrogen-bond donors (Lipinski definition) is 1. The Kier molecular flexibility index (Phi) is 8.69. The van der Waals surface area contributed by atoms with Crippen LogP contribution in [0.15, 0.2) is 64.2 Å². The van der Waals surface area contributed by atoms with Crippen molar-refractivity contribution in [1.29, 1.82) is 0 Å². The number of rotatable bonds is 8. The van der Waals surface area contributed by atoms with E-state index < -0.39 is 0 Å². The van der Waals surface area contributed by atoms with Crippen LogP contribution in [0.2, 0.25) is 0 Å². The van der Waals surface area contributed by atoms with E-state index in [1.165, 1.54) is 5.56 Å². The van der Waals surface area contributed by atoms with Crippen molar-refractivity contribution in [2.75, 3.05) is 7.11 Å². The Morgan fingerprint density at radius 3 is 2.56 bits per heavy atom. The van der Waals surface area contributed by atoms with Gasteiger partial charge in [0.2, 0.25) is 5.91 Å². The molecule has 0 aliphatic heterocycles. The van der Waals surface area contributed by atoms with Crippen LogP contribution in [0.3, 0.4) is 0 Å². The minimum absolute atomic E-state index is 0.163. The molecule has 3 rings (SSSR count). The van der Waals surface area contributed by atoms with Crippen molar-refractivity contribution >= 4 is 50.6 Å². The quantitative estimate of drug-likeness (QED) is 0.196. The molecule has 0 aliphatic rings. The van der Waals surface area contributed by atoms with Crippen LogP contribution < -0.4 is 14.9 Å². The van der Waals surface area contributed by atoms with E-state index in [2.05, 4.69) is 55.1 Å². The van der Waals surface area contributed by atoms with Gasteiger partial charge in [-0.1, -0.05) is 51.8 Å². The maximum absolute atomic E-state index is 12.3. The number of hydrogen-bond acceptors (Lipinski definition) is 4. The number of carbonyl (C=O) groups is 1. The molecule has 5 nitrogen and oxygen atoms in total. The number of halogens is 2. The molecular formula is C25H24BrIN2O3. The normalized spacial score (nSPS) is 10.9. The van der Waals surface area contributed by atoms with E-state index in [4.69, 9.17) is 9.47 Å². The number of ether oxygens (including phenoxy) is 2. The molecule has 3 aromatic carbocycles. The number of nitrogens with one attached hydrogen (secondary N) is 1. The summed E-state index contributed by atoms with van der Waals surface area (Å²) in [5, 5.41) is 4.10. The van der Waals surface area contributed by atoms with Gasteiger partial charge in [0.15, 0.2) is 11.5 Å². The Bertz CT molecular complexity index is 1130. The zero-order valence-electron chi connectivity index (χ0n) is 18.1. The second-order valence-corrected chi connectivity index (χ2v) is 9.43. The third-order valence-electron chi connectivity index (χ3n) is 4.80. The summed E-state index contributed by atoms with van der Waals surface area (Å²) in [6.07, 6.45) is 1.89. The van der Waals surface area contributed by atoms with E-state index in [0.29, 0.717) is 18.1 Å². The highest BCUT2D eigenvalue weighted by atomic mass is 127. The molecule has 0 saturated carbocycles. The predicted octanol–water partition coefficient (Wildman–Crippen LogP) is 5.95. The summed E-state index contributed by atoms with van der Waals surface area (Å²) in [5.74, 6) is 1.12. The number of amides is 1. The maximum atomic E-state index is 12.3. The summed E-state index contributed by atoms with van der Waals surface area (Å²) >= 11 is 5.64. The van der Waals surface area contributed by atoms with E-state index in [9.17, 15) is 4.79 Å². The highest BCUT2D eigenvalue weighted by Gasteiger charge is 2.12. The number of aryl methyl sites for hydroxylation is 2. The Morgan fingerprint density at radius 2 is 1.88 bits per heavy atom. The standard InChI is InChI=1S/C25H24BrIN2O3/c1-16-4-7-20(17(2)10-16)13-24(30)29-28-14-19-11-22(27)25(23(12-19)31-3)32-15-18-5-8-21(26)9-6-18/h4-12,14H,13,15H2,1-3H3,(H,29,30)/b28-14+. The third kappa shape index (κ3) is 6.80. The first-order chi connectivity index (χ1) is 15.4. The molecule has 166 valence electrons. The average Bonchev–Trinajstić information content (AvgIpc) is 2.76. The van der Waals surface area contributed by atoms with Crippen molar-refractivity contribution in [3.8, 4) is 11.5 Å². The SMILES string of the molecule is COc1cc(/C=N/NC(=O)Cc2ccc(C)cc2C)cc(I)c1OCc1ccc(Br)cc1. The van der Waals surface area contributed by atoms with Crippen LogP contribution in [0.25, 0.3) is 0 Å². The van der Waals surface area contributed by atoms with Gasteiger partial charge in [0.1, 0.15) is 6.61 Å². The zero-order chi connectivity index (χ0) is 23.1. The van der Waals surface area contributed by atoms with Crippen LogP contribution in [-0.4, -0.2) is 19.2 Å². The summed E-state index contributed by atoms with van der Waals surface area (Å²) in [7, 11) is 1.60. The van der Waals surface area contributed by atoms with Gasteiger partial charge >= 0.3 is 0 Å². The van der Waals surface area contributed by atoms with Crippen LogP contribution in [0.1, 0.15) is 27.8 Å². The molecule has 0 radical (unpaired) electrons. The number of carbonyl (C=O) groups excluding carboxylic acids is 1. The third-order valence-corrected chi connectivity index (χ3v) is 6.13. The van der Waals surface area contributed by atoms with Gasteiger partial charge in [-0.2, -0.15) is 5.10 Å². The fourth-order valence-corrected chi connectivity index (χ4v) is 4.17. The highest BCUT2D eigenvalue weighted by Crippen LogP contribution is 2.34. The number of hydrazone groups is 1. The summed E-state index contributed by atoms with van der Waals surface area (Å²) in [5.41, 5.74) is 7.72. The lowest BCUT2D eigenvalue weighted by atomic mass is 10.0. The molecule has 0 aliphatic carbocycles. The Morgan fingerprint density at radius 1 is 1.12 bits per heavy atom.